The molecule has 0 saturated heterocycles. The van der Waals surface area contributed by atoms with E-state index >= 15 is 0 Å². The molecular formula is C12H17ClO. The number of hydrogen-bond donors (Lipinski definition) is 0. The largest absolute Gasteiger partial charge is 0.496 e. The molecule has 0 saturated carbocycles. The van der Waals surface area contributed by atoms with E-state index in [2.05, 4.69) is 13.0 Å². The molecule has 14 heavy (non-hydrogen) atoms. The summed E-state index contributed by atoms with van der Waals surface area (Å²) in [6.07, 6.45) is 3.07. The van der Waals surface area contributed by atoms with Gasteiger partial charge in [0.1, 0.15) is 5.75 Å². The number of rotatable bonds is 5. The van der Waals surface area contributed by atoms with Crippen molar-refractivity contribution in [1.82, 2.24) is 0 Å². The maximum atomic E-state index is 6.19. The second-order valence-corrected chi connectivity index (χ2v) is 4.02. The molecule has 0 aliphatic carbocycles. The Hall–Kier alpha value is -0.690. The Balaban J connectivity index is 2.65. The molecule has 78 valence electrons. The third-order valence-electron chi connectivity index (χ3n) is 2.24. The van der Waals surface area contributed by atoms with Crippen LogP contribution in [0.2, 0.25) is 0 Å². The Morgan fingerprint density at radius 2 is 2.07 bits per heavy atom. The average Bonchev–Trinajstić information content (AvgIpc) is 2.19. The molecule has 1 nitrogen and oxygen atoms in total. The van der Waals surface area contributed by atoms with E-state index in [1.54, 1.807) is 7.11 Å². The van der Waals surface area contributed by atoms with E-state index in [1.807, 2.05) is 18.2 Å². The quantitative estimate of drug-likeness (QED) is 0.678. The predicted octanol–water partition coefficient (Wildman–Crippen LogP) is 3.65. The number of ether oxygens (including phenoxy) is 1. The summed E-state index contributed by atoms with van der Waals surface area (Å²) in [5, 5.41) is 0.219. The van der Waals surface area contributed by atoms with Gasteiger partial charge in [-0.05, 0) is 24.5 Å². The van der Waals surface area contributed by atoms with Crippen molar-refractivity contribution in [3.63, 3.8) is 0 Å². The van der Waals surface area contributed by atoms with Crippen molar-refractivity contribution >= 4 is 11.6 Å². The fourth-order valence-corrected chi connectivity index (χ4v) is 1.91. The normalized spacial score (nSPS) is 12.5. The van der Waals surface area contributed by atoms with Gasteiger partial charge >= 0.3 is 0 Å². The Bertz CT molecular complexity index is 273. The van der Waals surface area contributed by atoms with Crippen LogP contribution < -0.4 is 4.74 Å². The third-order valence-corrected chi connectivity index (χ3v) is 2.61. The highest BCUT2D eigenvalue weighted by Gasteiger charge is 2.08. The molecule has 0 amide bonds. The molecule has 0 radical (unpaired) electrons. The minimum Gasteiger partial charge on any atom is -0.496 e. The second kappa shape index (κ2) is 5.92. The standard InChI is InChI=1S/C12H17ClO/c1-3-6-11(13)9-10-7-4-5-8-12(10)14-2/h4-5,7-8,11H,3,6,9H2,1-2H3. The third kappa shape index (κ3) is 3.22. The maximum absolute atomic E-state index is 6.19. The molecule has 1 unspecified atom stereocenters. The Morgan fingerprint density at radius 3 is 2.71 bits per heavy atom. The molecule has 0 fully saturated rings. The molecule has 0 bridgehead atoms. The SMILES string of the molecule is CCCC(Cl)Cc1ccccc1OC. The highest BCUT2D eigenvalue weighted by molar-refractivity contribution is 6.20. The smallest absolute Gasteiger partial charge is 0.122 e. The zero-order valence-corrected chi connectivity index (χ0v) is 9.55. The van der Waals surface area contributed by atoms with Crippen LogP contribution in [-0.2, 0) is 6.42 Å². The molecule has 0 heterocycles. The molecule has 0 aliphatic heterocycles. The van der Waals surface area contributed by atoms with Gasteiger partial charge in [-0.15, -0.1) is 11.6 Å². The van der Waals surface area contributed by atoms with Crippen molar-refractivity contribution < 1.29 is 4.74 Å². The predicted molar refractivity (Wildman–Crippen MR) is 61.2 cm³/mol. The molecule has 1 aromatic rings. The Morgan fingerprint density at radius 1 is 1.36 bits per heavy atom. The number of methoxy groups -OCH3 is 1. The highest BCUT2D eigenvalue weighted by Crippen LogP contribution is 2.22. The first-order chi connectivity index (χ1) is 6.77. The zero-order valence-electron chi connectivity index (χ0n) is 8.79. The summed E-state index contributed by atoms with van der Waals surface area (Å²) in [5.41, 5.74) is 1.20. The lowest BCUT2D eigenvalue weighted by Gasteiger charge is -2.11. The van der Waals surface area contributed by atoms with Crippen LogP contribution in [0.25, 0.3) is 0 Å². The van der Waals surface area contributed by atoms with Gasteiger partial charge < -0.3 is 4.74 Å². The van der Waals surface area contributed by atoms with Crippen LogP contribution in [-0.4, -0.2) is 12.5 Å². The maximum Gasteiger partial charge on any atom is 0.122 e. The van der Waals surface area contributed by atoms with Crippen molar-refractivity contribution in [1.29, 1.82) is 0 Å². The van der Waals surface area contributed by atoms with Crippen molar-refractivity contribution in [2.24, 2.45) is 0 Å². The lowest BCUT2D eigenvalue weighted by molar-refractivity contribution is 0.409. The molecule has 1 atom stereocenters. The molecule has 1 rings (SSSR count). The number of hydrogen-bond acceptors (Lipinski definition) is 1. The minimum absolute atomic E-state index is 0.219. The Kier molecular flexibility index (Phi) is 4.81. The van der Waals surface area contributed by atoms with Crippen LogP contribution in [0.15, 0.2) is 24.3 Å². The molecule has 0 spiro atoms. The van der Waals surface area contributed by atoms with E-state index in [1.165, 1.54) is 5.56 Å². The Labute approximate surface area is 91.0 Å². The van der Waals surface area contributed by atoms with Gasteiger partial charge in [0.05, 0.1) is 7.11 Å². The fraction of sp³-hybridized carbons (Fsp3) is 0.500. The summed E-state index contributed by atoms with van der Waals surface area (Å²) in [5.74, 6) is 0.939. The summed E-state index contributed by atoms with van der Waals surface area (Å²) in [7, 11) is 1.70. The van der Waals surface area contributed by atoms with Gasteiger partial charge in [-0.1, -0.05) is 31.5 Å². The van der Waals surface area contributed by atoms with Crippen LogP contribution in [0.5, 0.6) is 5.75 Å². The van der Waals surface area contributed by atoms with Gasteiger partial charge in [-0.25, -0.2) is 0 Å². The topological polar surface area (TPSA) is 9.23 Å². The minimum atomic E-state index is 0.219. The van der Waals surface area contributed by atoms with Gasteiger partial charge in [-0.3, -0.25) is 0 Å². The average molecular weight is 213 g/mol. The number of alkyl halides is 1. The summed E-state index contributed by atoms with van der Waals surface area (Å²) in [6, 6.07) is 8.05. The summed E-state index contributed by atoms with van der Waals surface area (Å²) in [6.45, 7) is 2.15. The van der Waals surface area contributed by atoms with Gasteiger partial charge in [0, 0.05) is 5.38 Å². The van der Waals surface area contributed by atoms with E-state index < -0.39 is 0 Å². The molecule has 2 heteroatoms. The lowest BCUT2D eigenvalue weighted by atomic mass is 10.1. The van der Waals surface area contributed by atoms with Gasteiger partial charge in [0.15, 0.2) is 0 Å². The lowest BCUT2D eigenvalue weighted by Crippen LogP contribution is -2.04. The molecular weight excluding hydrogens is 196 g/mol. The van der Waals surface area contributed by atoms with Crippen molar-refractivity contribution in [3.05, 3.63) is 29.8 Å². The van der Waals surface area contributed by atoms with Crippen molar-refractivity contribution in [2.45, 2.75) is 31.6 Å². The van der Waals surface area contributed by atoms with E-state index in [4.69, 9.17) is 16.3 Å². The van der Waals surface area contributed by atoms with Crippen LogP contribution in [0.1, 0.15) is 25.3 Å². The number of para-hydroxylation sites is 1. The van der Waals surface area contributed by atoms with Gasteiger partial charge in [0.2, 0.25) is 0 Å². The highest BCUT2D eigenvalue weighted by atomic mass is 35.5. The first-order valence-corrected chi connectivity index (χ1v) is 5.47. The van der Waals surface area contributed by atoms with E-state index in [0.717, 1.165) is 25.0 Å². The molecule has 0 N–H and O–H groups in total. The van der Waals surface area contributed by atoms with E-state index in [0.29, 0.717) is 0 Å². The first-order valence-electron chi connectivity index (χ1n) is 5.04. The molecule has 0 aromatic heterocycles. The monoisotopic (exact) mass is 212 g/mol. The van der Waals surface area contributed by atoms with Crippen LogP contribution >= 0.6 is 11.6 Å². The van der Waals surface area contributed by atoms with E-state index in [9.17, 15) is 0 Å². The van der Waals surface area contributed by atoms with E-state index in [-0.39, 0.29) is 5.38 Å². The van der Waals surface area contributed by atoms with Crippen LogP contribution in [0, 0.1) is 0 Å². The van der Waals surface area contributed by atoms with Gasteiger partial charge in [-0.2, -0.15) is 0 Å². The van der Waals surface area contributed by atoms with Crippen molar-refractivity contribution in [2.75, 3.05) is 7.11 Å². The summed E-state index contributed by atoms with van der Waals surface area (Å²) >= 11 is 6.19. The molecule has 1 aromatic carbocycles. The summed E-state index contributed by atoms with van der Waals surface area (Å²) in [4.78, 5) is 0. The number of benzene rings is 1. The molecule has 0 aliphatic rings. The van der Waals surface area contributed by atoms with Crippen molar-refractivity contribution in [3.8, 4) is 5.75 Å². The van der Waals surface area contributed by atoms with Crippen LogP contribution in [0.4, 0.5) is 0 Å². The first kappa shape index (κ1) is 11.4. The second-order valence-electron chi connectivity index (χ2n) is 3.40. The van der Waals surface area contributed by atoms with Gasteiger partial charge in [0.25, 0.3) is 0 Å². The number of halogens is 1. The summed E-state index contributed by atoms with van der Waals surface area (Å²) < 4.78 is 5.27. The fourth-order valence-electron chi connectivity index (χ4n) is 1.53. The zero-order chi connectivity index (χ0) is 10.4. The van der Waals surface area contributed by atoms with Crippen LogP contribution in [0.3, 0.4) is 0 Å².